The highest BCUT2D eigenvalue weighted by atomic mass is 32.1. The van der Waals surface area contributed by atoms with Gasteiger partial charge in [-0.15, -0.1) is 11.3 Å². The number of hydrogen-bond donors (Lipinski definition) is 2. The molecule has 8 nitrogen and oxygen atoms in total. The fraction of sp³-hybridized carbons (Fsp3) is 0.353. The number of guanidine groups is 1. The number of hydrogen-bond acceptors (Lipinski definition) is 6. The van der Waals surface area contributed by atoms with E-state index in [0.29, 0.717) is 18.2 Å². The Balaban J connectivity index is 1.50. The molecule has 0 saturated carbocycles. The molecule has 3 N–H and O–H groups in total. The maximum absolute atomic E-state index is 11.2. The summed E-state index contributed by atoms with van der Waals surface area (Å²) in [7, 11) is 1.33. The number of nitrogens with two attached hydrogens (primary N) is 1. The van der Waals surface area contributed by atoms with Crippen LogP contribution in [0.15, 0.2) is 40.8 Å². The van der Waals surface area contributed by atoms with Crippen LogP contribution in [0, 0.1) is 0 Å². The molecule has 1 aliphatic rings. The molecule has 1 aromatic heterocycles. The van der Waals surface area contributed by atoms with Gasteiger partial charge in [0.2, 0.25) is 0 Å². The lowest BCUT2D eigenvalue weighted by molar-refractivity contribution is 0.187. The van der Waals surface area contributed by atoms with Gasteiger partial charge < -0.3 is 20.3 Å². The highest BCUT2D eigenvalue weighted by Crippen LogP contribution is 2.18. The number of methoxy groups -OCH3 is 1. The van der Waals surface area contributed by atoms with Crippen molar-refractivity contribution in [2.75, 3.05) is 43.5 Å². The second-order valence-electron chi connectivity index (χ2n) is 5.78. The van der Waals surface area contributed by atoms with Crippen molar-refractivity contribution in [2.45, 2.75) is 6.54 Å². The summed E-state index contributed by atoms with van der Waals surface area (Å²) >= 11 is 1.65. The number of thiazole rings is 1. The van der Waals surface area contributed by atoms with Crippen molar-refractivity contribution in [1.29, 1.82) is 0 Å². The molecule has 138 valence electrons. The van der Waals surface area contributed by atoms with Crippen LogP contribution in [0.5, 0.6) is 0 Å². The molecule has 1 fully saturated rings. The topological polar surface area (TPSA) is 96.1 Å². The van der Waals surface area contributed by atoms with E-state index in [1.807, 2.05) is 35.8 Å². The van der Waals surface area contributed by atoms with Crippen LogP contribution in [0.3, 0.4) is 0 Å². The summed E-state index contributed by atoms with van der Waals surface area (Å²) in [6.07, 6.45) is 1.34. The van der Waals surface area contributed by atoms with Gasteiger partial charge in [-0.3, -0.25) is 5.32 Å². The normalized spacial score (nSPS) is 15.0. The Morgan fingerprint density at radius 2 is 2.04 bits per heavy atom. The molecular formula is C17H22N6O2S. The number of aliphatic imine (C=N–C) groups is 1. The maximum Gasteiger partial charge on any atom is 0.411 e. The fourth-order valence-electron chi connectivity index (χ4n) is 2.63. The molecule has 0 spiro atoms. The molecule has 2 heterocycles. The standard InChI is InChI=1S/C17H22N6O2S/c1-25-17(24)21-14-4-2-13(3-5-14)12-20-15(18)22-7-9-23(10-8-22)16-19-6-11-26-16/h2-6,11H,7-10,12H2,1H3,(H2,18,20)(H,21,24). The summed E-state index contributed by atoms with van der Waals surface area (Å²) in [4.78, 5) is 24.4. The quantitative estimate of drug-likeness (QED) is 0.627. The third-order valence-electron chi connectivity index (χ3n) is 4.10. The highest BCUT2D eigenvalue weighted by molar-refractivity contribution is 7.13. The third kappa shape index (κ3) is 4.63. The van der Waals surface area contributed by atoms with E-state index >= 15 is 0 Å². The highest BCUT2D eigenvalue weighted by Gasteiger charge is 2.19. The van der Waals surface area contributed by atoms with Gasteiger partial charge in [-0.1, -0.05) is 12.1 Å². The SMILES string of the molecule is COC(=O)Nc1ccc(CN=C(N)N2CCN(c3nccs3)CC2)cc1. The van der Waals surface area contributed by atoms with Gasteiger partial charge in [-0.2, -0.15) is 0 Å². The lowest BCUT2D eigenvalue weighted by Gasteiger charge is -2.35. The first-order valence-corrected chi connectivity index (χ1v) is 9.17. The Kier molecular flexibility index (Phi) is 5.90. The van der Waals surface area contributed by atoms with Crippen LogP contribution >= 0.6 is 11.3 Å². The molecule has 0 unspecified atom stereocenters. The molecule has 0 atom stereocenters. The lowest BCUT2D eigenvalue weighted by atomic mass is 10.2. The number of anilines is 2. The molecule has 2 aromatic rings. The summed E-state index contributed by atoms with van der Waals surface area (Å²) in [5, 5.41) is 5.66. The number of benzene rings is 1. The number of rotatable bonds is 4. The van der Waals surface area contributed by atoms with Crippen molar-refractivity contribution in [1.82, 2.24) is 9.88 Å². The van der Waals surface area contributed by atoms with E-state index in [1.54, 1.807) is 11.3 Å². The summed E-state index contributed by atoms with van der Waals surface area (Å²) in [6, 6.07) is 7.43. The zero-order valence-electron chi connectivity index (χ0n) is 14.6. The zero-order chi connectivity index (χ0) is 18.4. The first-order chi connectivity index (χ1) is 12.7. The molecular weight excluding hydrogens is 352 g/mol. The number of nitrogens with one attached hydrogen (secondary N) is 1. The van der Waals surface area contributed by atoms with Crippen molar-refractivity contribution >= 4 is 34.2 Å². The van der Waals surface area contributed by atoms with E-state index in [4.69, 9.17) is 5.73 Å². The Bertz CT molecular complexity index is 739. The van der Waals surface area contributed by atoms with E-state index in [1.165, 1.54) is 7.11 Å². The predicted molar refractivity (Wildman–Crippen MR) is 104 cm³/mol. The predicted octanol–water partition coefficient (Wildman–Crippen LogP) is 1.96. The molecule has 0 aliphatic carbocycles. The summed E-state index contributed by atoms with van der Waals surface area (Å²) in [6.45, 7) is 3.93. The minimum absolute atomic E-state index is 0.489. The molecule has 1 aromatic carbocycles. The van der Waals surface area contributed by atoms with Gasteiger partial charge in [0.05, 0.1) is 13.7 Å². The fourth-order valence-corrected chi connectivity index (χ4v) is 3.33. The molecule has 9 heteroatoms. The average Bonchev–Trinajstić information content (AvgIpc) is 3.22. The van der Waals surface area contributed by atoms with Gasteiger partial charge in [-0.05, 0) is 17.7 Å². The van der Waals surface area contributed by atoms with E-state index in [0.717, 1.165) is 36.9 Å². The van der Waals surface area contributed by atoms with Gasteiger partial charge in [0.15, 0.2) is 11.1 Å². The number of carbonyl (C=O) groups excluding carboxylic acids is 1. The molecule has 26 heavy (non-hydrogen) atoms. The second-order valence-corrected chi connectivity index (χ2v) is 6.65. The van der Waals surface area contributed by atoms with Crippen molar-refractivity contribution in [3.63, 3.8) is 0 Å². The van der Waals surface area contributed by atoms with Crippen LogP contribution in [0.1, 0.15) is 5.56 Å². The Labute approximate surface area is 156 Å². The molecule has 1 amide bonds. The Morgan fingerprint density at radius 1 is 1.31 bits per heavy atom. The van der Waals surface area contributed by atoms with Crippen molar-refractivity contribution < 1.29 is 9.53 Å². The molecule has 0 radical (unpaired) electrons. The average molecular weight is 374 g/mol. The number of amides is 1. The Morgan fingerprint density at radius 3 is 2.65 bits per heavy atom. The largest absolute Gasteiger partial charge is 0.453 e. The molecule has 1 aliphatic heterocycles. The van der Waals surface area contributed by atoms with Gasteiger partial charge >= 0.3 is 6.09 Å². The van der Waals surface area contributed by atoms with Crippen LogP contribution in [0.2, 0.25) is 0 Å². The second kappa shape index (κ2) is 8.52. The van der Waals surface area contributed by atoms with Crippen LogP contribution in [-0.4, -0.2) is 55.2 Å². The van der Waals surface area contributed by atoms with Gasteiger partial charge in [-0.25, -0.2) is 14.8 Å². The van der Waals surface area contributed by atoms with E-state index in [2.05, 4.69) is 29.8 Å². The zero-order valence-corrected chi connectivity index (χ0v) is 15.4. The first kappa shape index (κ1) is 18.0. The molecule has 0 bridgehead atoms. The number of nitrogens with zero attached hydrogens (tertiary/aromatic N) is 4. The Hall–Kier alpha value is -2.81. The summed E-state index contributed by atoms with van der Waals surface area (Å²) in [5.74, 6) is 0.556. The van der Waals surface area contributed by atoms with Gasteiger partial charge in [0.1, 0.15) is 0 Å². The minimum atomic E-state index is -0.489. The van der Waals surface area contributed by atoms with E-state index in [-0.39, 0.29) is 0 Å². The minimum Gasteiger partial charge on any atom is -0.453 e. The van der Waals surface area contributed by atoms with Gasteiger partial charge in [0, 0.05) is 43.4 Å². The summed E-state index contributed by atoms with van der Waals surface area (Å²) in [5.41, 5.74) is 7.84. The van der Waals surface area contributed by atoms with E-state index < -0.39 is 6.09 Å². The van der Waals surface area contributed by atoms with Crippen molar-refractivity contribution in [3.05, 3.63) is 41.4 Å². The van der Waals surface area contributed by atoms with Gasteiger partial charge in [0.25, 0.3) is 0 Å². The molecule has 3 rings (SSSR count). The van der Waals surface area contributed by atoms with Crippen LogP contribution in [0.4, 0.5) is 15.6 Å². The maximum atomic E-state index is 11.2. The van der Waals surface area contributed by atoms with Crippen LogP contribution < -0.4 is 16.0 Å². The monoisotopic (exact) mass is 374 g/mol. The van der Waals surface area contributed by atoms with Crippen LogP contribution in [0.25, 0.3) is 0 Å². The van der Waals surface area contributed by atoms with Crippen molar-refractivity contribution in [2.24, 2.45) is 10.7 Å². The number of aromatic nitrogens is 1. The lowest BCUT2D eigenvalue weighted by Crippen LogP contribution is -2.51. The number of piperazine rings is 1. The molecule has 1 saturated heterocycles. The first-order valence-electron chi connectivity index (χ1n) is 8.29. The summed E-state index contributed by atoms with van der Waals surface area (Å²) < 4.78 is 4.56. The number of carbonyl (C=O) groups is 1. The van der Waals surface area contributed by atoms with Crippen molar-refractivity contribution in [3.8, 4) is 0 Å². The number of ether oxygens (including phenoxy) is 1. The third-order valence-corrected chi connectivity index (χ3v) is 4.94. The van der Waals surface area contributed by atoms with Crippen LogP contribution in [-0.2, 0) is 11.3 Å². The van der Waals surface area contributed by atoms with E-state index in [9.17, 15) is 4.79 Å². The smallest absolute Gasteiger partial charge is 0.411 e.